The Kier molecular flexibility index (Phi) is 6.96. The summed E-state index contributed by atoms with van der Waals surface area (Å²) in [5.41, 5.74) is 15.8. The molecule has 0 aliphatic carbocycles. The molecule has 0 bridgehead atoms. The van der Waals surface area contributed by atoms with Crippen LogP contribution in [0.2, 0.25) is 0 Å². The minimum Gasteiger partial charge on any atom is -0.370 e. The van der Waals surface area contributed by atoms with E-state index in [1.807, 2.05) is 13.8 Å². The van der Waals surface area contributed by atoms with E-state index in [2.05, 4.69) is 5.32 Å². The molecule has 0 rings (SSSR count). The Bertz CT molecular complexity index is 319. The van der Waals surface area contributed by atoms with Gasteiger partial charge in [-0.2, -0.15) is 0 Å². The van der Waals surface area contributed by atoms with E-state index < -0.39 is 29.8 Å². The normalized spacial score (nSPS) is 15.5. The highest BCUT2D eigenvalue weighted by molar-refractivity contribution is 5.89. The third-order valence-electron chi connectivity index (χ3n) is 2.90. The molecule has 0 aromatic rings. The SMILES string of the molecule is CC[C@H](C)[C@H](N)C(=O)N[C@@H](CCC(N)=O)C(N)=O. The van der Waals surface area contributed by atoms with Crippen molar-refractivity contribution in [2.24, 2.45) is 23.1 Å². The van der Waals surface area contributed by atoms with Crippen LogP contribution in [0.5, 0.6) is 0 Å². The molecular formula is C11H22N4O3. The topological polar surface area (TPSA) is 141 Å². The van der Waals surface area contributed by atoms with Gasteiger partial charge in [0.05, 0.1) is 6.04 Å². The second kappa shape index (κ2) is 7.65. The average Bonchev–Trinajstić information content (AvgIpc) is 2.31. The largest absolute Gasteiger partial charge is 0.370 e. The summed E-state index contributed by atoms with van der Waals surface area (Å²) in [6.07, 6.45) is 0.813. The Labute approximate surface area is 106 Å². The number of hydrogen-bond donors (Lipinski definition) is 4. The second-order valence-electron chi connectivity index (χ2n) is 4.38. The van der Waals surface area contributed by atoms with Gasteiger partial charge in [0.25, 0.3) is 0 Å². The van der Waals surface area contributed by atoms with Gasteiger partial charge in [0.15, 0.2) is 0 Å². The smallest absolute Gasteiger partial charge is 0.240 e. The van der Waals surface area contributed by atoms with Gasteiger partial charge in [-0.3, -0.25) is 14.4 Å². The first kappa shape index (κ1) is 16.4. The van der Waals surface area contributed by atoms with E-state index in [1.54, 1.807) is 0 Å². The molecule has 0 saturated carbocycles. The van der Waals surface area contributed by atoms with Gasteiger partial charge < -0.3 is 22.5 Å². The highest BCUT2D eigenvalue weighted by Crippen LogP contribution is 2.06. The number of rotatable bonds is 8. The summed E-state index contributed by atoms with van der Waals surface area (Å²) in [6.45, 7) is 3.75. The zero-order valence-electron chi connectivity index (χ0n) is 10.8. The van der Waals surface area contributed by atoms with Gasteiger partial charge in [-0.1, -0.05) is 20.3 Å². The van der Waals surface area contributed by atoms with Crippen LogP contribution in [-0.2, 0) is 14.4 Å². The van der Waals surface area contributed by atoms with E-state index in [9.17, 15) is 14.4 Å². The molecular weight excluding hydrogens is 236 g/mol. The van der Waals surface area contributed by atoms with E-state index >= 15 is 0 Å². The minimum atomic E-state index is -0.917. The summed E-state index contributed by atoms with van der Waals surface area (Å²) in [7, 11) is 0. The number of carbonyl (C=O) groups excluding carboxylic acids is 3. The zero-order valence-corrected chi connectivity index (χ0v) is 10.8. The van der Waals surface area contributed by atoms with E-state index in [-0.39, 0.29) is 18.8 Å². The molecule has 3 amide bonds. The maximum absolute atomic E-state index is 11.7. The summed E-state index contributed by atoms with van der Waals surface area (Å²) < 4.78 is 0. The molecule has 104 valence electrons. The number of amides is 3. The first-order valence-electron chi connectivity index (χ1n) is 5.93. The Morgan fingerprint density at radius 3 is 2.17 bits per heavy atom. The van der Waals surface area contributed by atoms with Crippen molar-refractivity contribution in [2.45, 2.75) is 45.2 Å². The van der Waals surface area contributed by atoms with Crippen LogP contribution in [0.3, 0.4) is 0 Å². The van der Waals surface area contributed by atoms with Gasteiger partial charge in [0, 0.05) is 6.42 Å². The standard InChI is InChI=1S/C11H22N4O3/c1-3-6(2)9(13)11(18)15-7(10(14)17)4-5-8(12)16/h6-7,9H,3-5,13H2,1-2H3,(H2,12,16)(H2,14,17)(H,15,18)/t6-,7-,9-/m0/s1. The molecule has 0 radical (unpaired) electrons. The fraction of sp³-hybridized carbons (Fsp3) is 0.727. The molecule has 0 aliphatic heterocycles. The van der Waals surface area contributed by atoms with E-state index in [0.717, 1.165) is 6.42 Å². The number of hydrogen-bond acceptors (Lipinski definition) is 4. The Hall–Kier alpha value is -1.63. The summed E-state index contributed by atoms with van der Waals surface area (Å²) in [6, 6.07) is -1.62. The van der Waals surface area contributed by atoms with Crippen LogP contribution in [0.4, 0.5) is 0 Å². The summed E-state index contributed by atoms with van der Waals surface area (Å²) >= 11 is 0. The summed E-state index contributed by atoms with van der Waals surface area (Å²) in [4.78, 5) is 33.5. The molecule has 0 unspecified atom stereocenters. The Morgan fingerprint density at radius 2 is 1.78 bits per heavy atom. The van der Waals surface area contributed by atoms with Gasteiger partial charge in [-0.15, -0.1) is 0 Å². The van der Waals surface area contributed by atoms with Crippen LogP contribution < -0.4 is 22.5 Å². The maximum Gasteiger partial charge on any atom is 0.240 e. The highest BCUT2D eigenvalue weighted by Gasteiger charge is 2.24. The molecule has 18 heavy (non-hydrogen) atoms. The summed E-state index contributed by atoms with van der Waals surface area (Å²) in [5.74, 6) is -1.71. The van der Waals surface area contributed by atoms with Crippen LogP contribution in [0, 0.1) is 5.92 Å². The van der Waals surface area contributed by atoms with E-state index in [4.69, 9.17) is 17.2 Å². The van der Waals surface area contributed by atoms with Crippen molar-refractivity contribution in [2.75, 3.05) is 0 Å². The van der Waals surface area contributed by atoms with Gasteiger partial charge >= 0.3 is 0 Å². The lowest BCUT2D eigenvalue weighted by molar-refractivity contribution is -0.129. The molecule has 0 aromatic carbocycles. The molecule has 0 aliphatic rings. The van der Waals surface area contributed by atoms with E-state index in [1.165, 1.54) is 0 Å². The third kappa shape index (κ3) is 5.62. The molecule has 7 nitrogen and oxygen atoms in total. The van der Waals surface area contributed by atoms with Crippen LogP contribution in [0.15, 0.2) is 0 Å². The second-order valence-corrected chi connectivity index (χ2v) is 4.38. The lowest BCUT2D eigenvalue weighted by Crippen LogP contribution is -2.52. The van der Waals surface area contributed by atoms with E-state index in [0.29, 0.717) is 0 Å². The van der Waals surface area contributed by atoms with Gasteiger partial charge in [-0.05, 0) is 12.3 Å². The van der Waals surface area contributed by atoms with Crippen molar-refractivity contribution in [1.29, 1.82) is 0 Å². The molecule has 0 fully saturated rings. The molecule has 7 heteroatoms. The van der Waals surface area contributed by atoms with Gasteiger partial charge in [-0.25, -0.2) is 0 Å². The van der Waals surface area contributed by atoms with Crippen LogP contribution >= 0.6 is 0 Å². The van der Waals surface area contributed by atoms with Crippen molar-refractivity contribution >= 4 is 17.7 Å². The quantitative estimate of drug-likeness (QED) is 0.424. The molecule has 7 N–H and O–H groups in total. The number of nitrogens with two attached hydrogens (primary N) is 3. The average molecular weight is 258 g/mol. The number of nitrogens with one attached hydrogen (secondary N) is 1. The fourth-order valence-corrected chi connectivity index (χ4v) is 1.35. The van der Waals surface area contributed by atoms with Crippen molar-refractivity contribution in [3.8, 4) is 0 Å². The van der Waals surface area contributed by atoms with Crippen LogP contribution in [0.1, 0.15) is 33.1 Å². The van der Waals surface area contributed by atoms with Crippen LogP contribution in [-0.4, -0.2) is 29.8 Å². The lowest BCUT2D eigenvalue weighted by Gasteiger charge is -2.21. The maximum atomic E-state index is 11.7. The molecule has 0 heterocycles. The predicted molar refractivity (Wildman–Crippen MR) is 67.0 cm³/mol. The minimum absolute atomic E-state index is 0.00494. The Balaban J connectivity index is 4.45. The first-order chi connectivity index (χ1) is 8.29. The third-order valence-corrected chi connectivity index (χ3v) is 2.90. The Morgan fingerprint density at radius 1 is 1.22 bits per heavy atom. The first-order valence-corrected chi connectivity index (χ1v) is 5.93. The monoisotopic (exact) mass is 258 g/mol. The van der Waals surface area contributed by atoms with Crippen LogP contribution in [0.25, 0.3) is 0 Å². The molecule has 3 atom stereocenters. The van der Waals surface area contributed by atoms with Crippen molar-refractivity contribution < 1.29 is 14.4 Å². The highest BCUT2D eigenvalue weighted by atomic mass is 16.2. The zero-order chi connectivity index (χ0) is 14.3. The number of primary amides is 2. The van der Waals surface area contributed by atoms with Crippen molar-refractivity contribution in [3.63, 3.8) is 0 Å². The van der Waals surface area contributed by atoms with Gasteiger partial charge in [0.1, 0.15) is 6.04 Å². The summed E-state index contributed by atoms with van der Waals surface area (Å²) in [5, 5.41) is 2.44. The van der Waals surface area contributed by atoms with Crippen molar-refractivity contribution in [3.05, 3.63) is 0 Å². The van der Waals surface area contributed by atoms with Crippen molar-refractivity contribution in [1.82, 2.24) is 5.32 Å². The predicted octanol–water partition coefficient (Wildman–Crippen LogP) is -1.40. The fourth-order valence-electron chi connectivity index (χ4n) is 1.35. The van der Waals surface area contributed by atoms with Gasteiger partial charge in [0.2, 0.25) is 17.7 Å². The lowest BCUT2D eigenvalue weighted by atomic mass is 9.99. The molecule has 0 saturated heterocycles. The molecule has 0 aromatic heterocycles. The molecule has 0 spiro atoms. The number of carbonyl (C=O) groups is 3.